The van der Waals surface area contributed by atoms with Crippen molar-refractivity contribution in [2.75, 3.05) is 0 Å². The lowest BCUT2D eigenvalue weighted by atomic mass is 10.0. The van der Waals surface area contributed by atoms with E-state index in [-0.39, 0.29) is 0 Å². The predicted octanol–water partition coefficient (Wildman–Crippen LogP) is 4.61. The molecular formula is C16H27N. The van der Waals surface area contributed by atoms with Crippen molar-refractivity contribution in [3.63, 3.8) is 0 Å². The van der Waals surface area contributed by atoms with Gasteiger partial charge >= 0.3 is 0 Å². The van der Waals surface area contributed by atoms with E-state index in [2.05, 4.69) is 57.3 Å². The minimum atomic E-state index is 0.451. The average molecular weight is 233 g/mol. The first-order chi connectivity index (χ1) is 8.13. The first-order valence-corrected chi connectivity index (χ1v) is 6.96. The number of rotatable bonds is 7. The molecule has 1 unspecified atom stereocenters. The van der Waals surface area contributed by atoms with Crippen molar-refractivity contribution >= 4 is 0 Å². The van der Waals surface area contributed by atoms with E-state index in [9.17, 15) is 0 Å². The summed E-state index contributed by atoms with van der Waals surface area (Å²) in [4.78, 5) is 0. The molecule has 1 rings (SSSR count). The average Bonchev–Trinajstić information content (AvgIpc) is 2.30. The summed E-state index contributed by atoms with van der Waals surface area (Å²) < 4.78 is 0. The van der Waals surface area contributed by atoms with Gasteiger partial charge in [-0.25, -0.2) is 0 Å². The van der Waals surface area contributed by atoms with Gasteiger partial charge in [0, 0.05) is 12.1 Å². The summed E-state index contributed by atoms with van der Waals surface area (Å²) in [6, 6.07) is 9.90. The van der Waals surface area contributed by atoms with E-state index in [0.29, 0.717) is 12.1 Å². The molecule has 0 aliphatic heterocycles. The second kappa shape index (κ2) is 7.50. The van der Waals surface area contributed by atoms with Crippen LogP contribution in [0.3, 0.4) is 0 Å². The van der Waals surface area contributed by atoms with Crippen LogP contribution in [-0.2, 0) is 0 Å². The van der Waals surface area contributed by atoms with Crippen molar-refractivity contribution in [2.24, 2.45) is 0 Å². The highest BCUT2D eigenvalue weighted by Crippen LogP contribution is 2.15. The van der Waals surface area contributed by atoms with Crippen LogP contribution in [0.15, 0.2) is 24.3 Å². The van der Waals surface area contributed by atoms with Crippen molar-refractivity contribution in [1.82, 2.24) is 5.32 Å². The maximum absolute atomic E-state index is 3.67. The van der Waals surface area contributed by atoms with Crippen LogP contribution in [0.5, 0.6) is 0 Å². The quantitative estimate of drug-likeness (QED) is 0.678. The molecule has 0 fully saturated rings. The van der Waals surface area contributed by atoms with Crippen LogP contribution < -0.4 is 5.32 Å². The Morgan fingerprint density at radius 1 is 1.06 bits per heavy atom. The van der Waals surface area contributed by atoms with Gasteiger partial charge in [-0.05, 0) is 32.8 Å². The molecule has 0 saturated heterocycles. The van der Waals surface area contributed by atoms with Gasteiger partial charge < -0.3 is 5.32 Å². The van der Waals surface area contributed by atoms with Crippen LogP contribution in [0.2, 0.25) is 0 Å². The summed E-state index contributed by atoms with van der Waals surface area (Å²) >= 11 is 0. The number of hydrogen-bond donors (Lipinski definition) is 1. The maximum atomic E-state index is 3.67. The molecule has 0 aliphatic carbocycles. The standard InChI is InChI=1S/C16H27N/c1-5-6-7-8-14(3)17-15(4)16-11-9-13(2)10-12-16/h9-12,14-15,17H,5-8H2,1-4H3/t14?,15-/m1/s1. The van der Waals surface area contributed by atoms with Crippen molar-refractivity contribution in [1.29, 1.82) is 0 Å². The summed E-state index contributed by atoms with van der Waals surface area (Å²) in [6.45, 7) is 8.93. The van der Waals surface area contributed by atoms with E-state index >= 15 is 0 Å². The van der Waals surface area contributed by atoms with E-state index < -0.39 is 0 Å². The van der Waals surface area contributed by atoms with Gasteiger partial charge in [0.15, 0.2) is 0 Å². The Hall–Kier alpha value is -0.820. The summed E-state index contributed by atoms with van der Waals surface area (Å²) in [6.07, 6.45) is 5.28. The van der Waals surface area contributed by atoms with Crippen LogP contribution in [0, 0.1) is 6.92 Å². The third kappa shape index (κ3) is 5.36. The fourth-order valence-electron chi connectivity index (χ4n) is 2.16. The number of unbranched alkanes of at least 4 members (excludes halogenated alkanes) is 2. The monoisotopic (exact) mass is 233 g/mol. The highest BCUT2D eigenvalue weighted by atomic mass is 14.9. The lowest BCUT2D eigenvalue weighted by molar-refractivity contribution is 0.440. The van der Waals surface area contributed by atoms with Gasteiger partial charge in [0.05, 0.1) is 0 Å². The molecule has 0 aromatic heterocycles. The predicted molar refractivity (Wildman–Crippen MR) is 76.3 cm³/mol. The Bertz CT molecular complexity index is 302. The first kappa shape index (κ1) is 14.2. The molecule has 0 saturated carbocycles. The SMILES string of the molecule is CCCCCC(C)N[C@H](C)c1ccc(C)cc1. The van der Waals surface area contributed by atoms with Crippen molar-refractivity contribution in [3.05, 3.63) is 35.4 Å². The van der Waals surface area contributed by atoms with Crippen LogP contribution in [-0.4, -0.2) is 6.04 Å². The molecule has 1 N–H and O–H groups in total. The maximum Gasteiger partial charge on any atom is 0.0294 e. The fraction of sp³-hybridized carbons (Fsp3) is 0.625. The second-order valence-corrected chi connectivity index (χ2v) is 5.20. The summed E-state index contributed by atoms with van der Waals surface area (Å²) in [5.74, 6) is 0. The van der Waals surface area contributed by atoms with Crippen molar-refractivity contribution in [3.8, 4) is 0 Å². The number of aryl methyl sites for hydroxylation is 1. The van der Waals surface area contributed by atoms with Gasteiger partial charge in [-0.2, -0.15) is 0 Å². The second-order valence-electron chi connectivity index (χ2n) is 5.20. The summed E-state index contributed by atoms with van der Waals surface area (Å²) in [5, 5.41) is 3.67. The van der Waals surface area contributed by atoms with Gasteiger partial charge in [0.1, 0.15) is 0 Å². The molecule has 0 spiro atoms. The number of benzene rings is 1. The molecule has 1 aromatic carbocycles. The van der Waals surface area contributed by atoms with Crippen LogP contribution in [0.1, 0.15) is 63.6 Å². The Labute approximate surface area is 107 Å². The summed E-state index contributed by atoms with van der Waals surface area (Å²) in [7, 11) is 0. The molecule has 2 atom stereocenters. The molecule has 1 aromatic rings. The van der Waals surface area contributed by atoms with Gasteiger partial charge in [-0.15, -0.1) is 0 Å². The smallest absolute Gasteiger partial charge is 0.0294 e. The molecule has 1 heteroatoms. The van der Waals surface area contributed by atoms with E-state index in [4.69, 9.17) is 0 Å². The van der Waals surface area contributed by atoms with Crippen molar-refractivity contribution < 1.29 is 0 Å². The van der Waals surface area contributed by atoms with Crippen LogP contribution >= 0.6 is 0 Å². The molecule has 0 heterocycles. The number of hydrogen-bond acceptors (Lipinski definition) is 1. The van der Waals surface area contributed by atoms with Crippen LogP contribution in [0.25, 0.3) is 0 Å². The fourth-order valence-corrected chi connectivity index (χ4v) is 2.16. The Kier molecular flexibility index (Phi) is 6.28. The van der Waals surface area contributed by atoms with Gasteiger partial charge in [-0.3, -0.25) is 0 Å². The Balaban J connectivity index is 2.37. The largest absolute Gasteiger partial charge is 0.308 e. The van der Waals surface area contributed by atoms with Gasteiger partial charge in [0.2, 0.25) is 0 Å². The zero-order valence-corrected chi connectivity index (χ0v) is 11.8. The molecular weight excluding hydrogens is 206 g/mol. The normalized spacial score (nSPS) is 14.6. The van der Waals surface area contributed by atoms with E-state index in [1.165, 1.54) is 36.8 Å². The zero-order chi connectivity index (χ0) is 12.7. The Morgan fingerprint density at radius 2 is 1.71 bits per heavy atom. The molecule has 0 amide bonds. The molecule has 0 aliphatic rings. The zero-order valence-electron chi connectivity index (χ0n) is 11.8. The van der Waals surface area contributed by atoms with E-state index in [0.717, 1.165) is 0 Å². The first-order valence-electron chi connectivity index (χ1n) is 6.96. The van der Waals surface area contributed by atoms with Crippen molar-refractivity contribution in [2.45, 2.75) is 65.5 Å². The number of nitrogens with one attached hydrogen (secondary N) is 1. The highest BCUT2D eigenvalue weighted by Gasteiger charge is 2.08. The van der Waals surface area contributed by atoms with Crippen LogP contribution in [0.4, 0.5) is 0 Å². The molecule has 1 nitrogen and oxygen atoms in total. The van der Waals surface area contributed by atoms with E-state index in [1.807, 2.05) is 0 Å². The van der Waals surface area contributed by atoms with Gasteiger partial charge in [0.25, 0.3) is 0 Å². The Morgan fingerprint density at radius 3 is 2.29 bits per heavy atom. The highest BCUT2D eigenvalue weighted by molar-refractivity contribution is 5.23. The lowest BCUT2D eigenvalue weighted by Crippen LogP contribution is -2.28. The molecule has 0 bridgehead atoms. The lowest BCUT2D eigenvalue weighted by Gasteiger charge is -2.20. The van der Waals surface area contributed by atoms with E-state index in [1.54, 1.807) is 0 Å². The third-order valence-electron chi connectivity index (χ3n) is 3.35. The summed E-state index contributed by atoms with van der Waals surface area (Å²) in [5.41, 5.74) is 2.72. The topological polar surface area (TPSA) is 12.0 Å². The third-order valence-corrected chi connectivity index (χ3v) is 3.35. The molecule has 17 heavy (non-hydrogen) atoms. The molecule has 96 valence electrons. The minimum absolute atomic E-state index is 0.451. The van der Waals surface area contributed by atoms with Gasteiger partial charge in [-0.1, -0.05) is 56.0 Å². The minimum Gasteiger partial charge on any atom is -0.308 e. The molecule has 0 radical (unpaired) electrons.